The molecule has 3 rings (SSSR count). The molecule has 1 amide bonds. The van der Waals surface area contributed by atoms with Crippen LogP contribution in [0.1, 0.15) is 12.8 Å². The van der Waals surface area contributed by atoms with Crippen molar-refractivity contribution in [3.05, 3.63) is 29.3 Å². The zero-order valence-electron chi connectivity index (χ0n) is 13.8. The number of hydrogen-bond acceptors (Lipinski definition) is 5. The van der Waals surface area contributed by atoms with Crippen LogP contribution in [0.15, 0.2) is 29.2 Å². The Labute approximate surface area is 152 Å². The Morgan fingerprint density at radius 3 is 2.56 bits per heavy atom. The van der Waals surface area contributed by atoms with Gasteiger partial charge >= 0.3 is 0 Å². The van der Waals surface area contributed by atoms with Crippen molar-refractivity contribution in [2.75, 3.05) is 32.7 Å². The smallest absolute Gasteiger partial charge is 0.251 e. The van der Waals surface area contributed by atoms with Gasteiger partial charge in [0, 0.05) is 37.7 Å². The average Bonchev–Trinajstić information content (AvgIpc) is 3.10. The van der Waals surface area contributed by atoms with E-state index in [0.29, 0.717) is 31.1 Å². The van der Waals surface area contributed by atoms with E-state index >= 15 is 0 Å². The number of nitrogens with two attached hydrogens (primary N) is 1. The van der Waals surface area contributed by atoms with Crippen LogP contribution in [0.5, 0.6) is 0 Å². The molecule has 7 nitrogen and oxygen atoms in total. The molecule has 0 radical (unpaired) electrons. The number of benzene rings is 1. The summed E-state index contributed by atoms with van der Waals surface area (Å²) in [5.74, 6) is -0.0734. The summed E-state index contributed by atoms with van der Waals surface area (Å²) < 4.78 is 32.4. The molecular weight excluding hydrogens is 366 g/mol. The Bertz CT molecular complexity index is 735. The van der Waals surface area contributed by atoms with Crippen LogP contribution in [-0.2, 0) is 19.6 Å². The number of hydrogen-bond donors (Lipinski definition) is 1. The van der Waals surface area contributed by atoms with Crippen LogP contribution >= 0.6 is 11.6 Å². The van der Waals surface area contributed by atoms with E-state index in [2.05, 4.69) is 0 Å². The molecule has 0 aromatic heterocycles. The van der Waals surface area contributed by atoms with Crippen LogP contribution in [0.2, 0.25) is 5.02 Å². The van der Waals surface area contributed by atoms with Crippen LogP contribution in [0.4, 0.5) is 0 Å². The third kappa shape index (κ3) is 3.98. The Morgan fingerprint density at radius 2 is 1.96 bits per heavy atom. The molecule has 0 spiro atoms. The zero-order valence-corrected chi connectivity index (χ0v) is 15.4. The van der Waals surface area contributed by atoms with E-state index in [9.17, 15) is 13.2 Å². The van der Waals surface area contributed by atoms with E-state index in [-0.39, 0.29) is 30.0 Å². The van der Waals surface area contributed by atoms with Crippen molar-refractivity contribution in [2.45, 2.75) is 29.9 Å². The fourth-order valence-corrected chi connectivity index (χ4v) is 4.91. The zero-order chi connectivity index (χ0) is 18.0. The SMILES string of the molecule is NC[C@H]1CC[C@@H](C(=O)N2CCN(S(=O)(=O)c3cccc(Cl)c3)CC2)O1. The van der Waals surface area contributed by atoms with Gasteiger partial charge in [-0.2, -0.15) is 4.31 Å². The highest BCUT2D eigenvalue weighted by molar-refractivity contribution is 7.89. The van der Waals surface area contributed by atoms with Gasteiger partial charge in [-0.1, -0.05) is 17.7 Å². The molecule has 2 atom stereocenters. The number of sulfonamides is 1. The molecule has 2 aliphatic rings. The number of ether oxygens (including phenoxy) is 1. The third-order valence-electron chi connectivity index (χ3n) is 4.63. The highest BCUT2D eigenvalue weighted by atomic mass is 35.5. The van der Waals surface area contributed by atoms with Gasteiger partial charge < -0.3 is 15.4 Å². The summed E-state index contributed by atoms with van der Waals surface area (Å²) >= 11 is 5.89. The largest absolute Gasteiger partial charge is 0.364 e. The lowest BCUT2D eigenvalue weighted by Crippen LogP contribution is -2.52. The Morgan fingerprint density at radius 1 is 1.24 bits per heavy atom. The van der Waals surface area contributed by atoms with Crippen molar-refractivity contribution in [1.29, 1.82) is 0 Å². The maximum atomic E-state index is 12.7. The van der Waals surface area contributed by atoms with E-state index in [1.54, 1.807) is 17.0 Å². The number of carbonyl (C=O) groups excluding carboxylic acids is 1. The number of piperazine rings is 1. The molecule has 1 aromatic carbocycles. The molecule has 138 valence electrons. The predicted molar refractivity (Wildman–Crippen MR) is 93.7 cm³/mol. The summed E-state index contributed by atoms with van der Waals surface area (Å²) in [6, 6.07) is 6.21. The summed E-state index contributed by atoms with van der Waals surface area (Å²) in [5, 5.41) is 0.378. The first kappa shape index (κ1) is 18.6. The molecule has 0 unspecified atom stereocenters. The average molecular weight is 388 g/mol. The minimum Gasteiger partial charge on any atom is -0.364 e. The van der Waals surface area contributed by atoms with Gasteiger partial charge in [0.05, 0.1) is 11.0 Å². The quantitative estimate of drug-likeness (QED) is 0.820. The van der Waals surface area contributed by atoms with Gasteiger partial charge in [-0.05, 0) is 31.0 Å². The minimum absolute atomic E-state index is 0.0570. The topological polar surface area (TPSA) is 92.9 Å². The molecule has 0 saturated carbocycles. The van der Waals surface area contributed by atoms with Crippen LogP contribution < -0.4 is 5.73 Å². The van der Waals surface area contributed by atoms with Gasteiger partial charge in [0.15, 0.2) is 0 Å². The first-order valence-electron chi connectivity index (χ1n) is 8.32. The third-order valence-corrected chi connectivity index (χ3v) is 6.76. The highest BCUT2D eigenvalue weighted by Crippen LogP contribution is 2.23. The van der Waals surface area contributed by atoms with Crippen LogP contribution in [0, 0.1) is 0 Å². The molecule has 2 heterocycles. The number of amides is 1. The number of halogens is 1. The van der Waals surface area contributed by atoms with Crippen LogP contribution in [0.3, 0.4) is 0 Å². The van der Waals surface area contributed by atoms with E-state index in [0.717, 1.165) is 6.42 Å². The Kier molecular flexibility index (Phi) is 5.65. The predicted octanol–water partition coefficient (Wildman–Crippen LogP) is 0.679. The lowest BCUT2D eigenvalue weighted by atomic mass is 10.1. The van der Waals surface area contributed by atoms with E-state index in [1.165, 1.54) is 16.4 Å². The van der Waals surface area contributed by atoms with Gasteiger partial charge in [-0.25, -0.2) is 8.42 Å². The van der Waals surface area contributed by atoms with Crippen molar-refractivity contribution in [2.24, 2.45) is 5.73 Å². The lowest BCUT2D eigenvalue weighted by molar-refractivity contribution is -0.143. The second-order valence-electron chi connectivity index (χ2n) is 6.25. The summed E-state index contributed by atoms with van der Waals surface area (Å²) in [4.78, 5) is 14.4. The first-order valence-corrected chi connectivity index (χ1v) is 10.1. The molecule has 1 aromatic rings. The number of carbonyl (C=O) groups is 1. The van der Waals surface area contributed by atoms with Crippen LogP contribution in [-0.4, -0.2) is 68.5 Å². The lowest BCUT2D eigenvalue weighted by Gasteiger charge is -2.35. The summed E-state index contributed by atoms with van der Waals surface area (Å²) in [6.07, 6.45) is 0.945. The van der Waals surface area contributed by atoms with Crippen molar-refractivity contribution < 1.29 is 17.9 Å². The first-order chi connectivity index (χ1) is 11.9. The Hall–Kier alpha value is -1.19. The summed E-state index contributed by atoms with van der Waals surface area (Å²) in [7, 11) is -3.60. The standard InChI is InChI=1S/C16H22ClN3O4S/c17-12-2-1-3-14(10-12)25(22,23)20-8-6-19(7-9-20)16(21)15-5-4-13(11-18)24-15/h1-3,10,13,15H,4-9,11,18H2/t13-,15+/m1/s1. The molecule has 2 aliphatic heterocycles. The molecule has 0 aliphatic carbocycles. The molecule has 2 N–H and O–H groups in total. The summed E-state index contributed by atoms with van der Waals surface area (Å²) in [6.45, 7) is 1.63. The molecule has 25 heavy (non-hydrogen) atoms. The molecular formula is C16H22ClN3O4S. The molecule has 0 bridgehead atoms. The van der Waals surface area contributed by atoms with Crippen LogP contribution in [0.25, 0.3) is 0 Å². The molecule has 9 heteroatoms. The summed E-state index contributed by atoms with van der Waals surface area (Å²) in [5.41, 5.74) is 5.57. The van der Waals surface area contributed by atoms with Gasteiger partial charge in [-0.15, -0.1) is 0 Å². The number of rotatable bonds is 4. The minimum atomic E-state index is -3.60. The van der Waals surface area contributed by atoms with E-state index < -0.39 is 16.1 Å². The molecule has 2 saturated heterocycles. The van der Waals surface area contributed by atoms with Gasteiger partial charge in [0.2, 0.25) is 10.0 Å². The van der Waals surface area contributed by atoms with Gasteiger partial charge in [-0.3, -0.25) is 4.79 Å². The van der Waals surface area contributed by atoms with Crippen molar-refractivity contribution in [1.82, 2.24) is 9.21 Å². The normalized spacial score (nSPS) is 25.3. The number of nitrogens with zero attached hydrogens (tertiary/aromatic N) is 2. The fraction of sp³-hybridized carbons (Fsp3) is 0.562. The van der Waals surface area contributed by atoms with Crippen molar-refractivity contribution in [3.8, 4) is 0 Å². The molecule has 2 fully saturated rings. The Balaban J connectivity index is 1.61. The second kappa shape index (κ2) is 7.59. The van der Waals surface area contributed by atoms with Crippen molar-refractivity contribution >= 4 is 27.5 Å². The second-order valence-corrected chi connectivity index (χ2v) is 8.62. The van der Waals surface area contributed by atoms with E-state index in [1.807, 2.05) is 0 Å². The van der Waals surface area contributed by atoms with E-state index in [4.69, 9.17) is 22.1 Å². The monoisotopic (exact) mass is 387 g/mol. The van der Waals surface area contributed by atoms with Gasteiger partial charge in [0.25, 0.3) is 5.91 Å². The van der Waals surface area contributed by atoms with Gasteiger partial charge in [0.1, 0.15) is 6.10 Å². The maximum Gasteiger partial charge on any atom is 0.251 e. The fourth-order valence-electron chi connectivity index (χ4n) is 3.19. The maximum absolute atomic E-state index is 12.7. The highest BCUT2D eigenvalue weighted by Gasteiger charge is 2.36. The van der Waals surface area contributed by atoms with Crippen molar-refractivity contribution in [3.63, 3.8) is 0 Å².